The van der Waals surface area contributed by atoms with Crippen molar-refractivity contribution in [2.75, 3.05) is 7.11 Å². The lowest BCUT2D eigenvalue weighted by Crippen LogP contribution is -2.64. The number of benzene rings is 2. The highest BCUT2D eigenvalue weighted by Crippen LogP contribution is 2.46. The van der Waals surface area contributed by atoms with Crippen LogP contribution in [0.15, 0.2) is 80.7 Å². The van der Waals surface area contributed by atoms with Gasteiger partial charge < -0.3 is 10.1 Å². The maximum absolute atomic E-state index is 13.5. The van der Waals surface area contributed by atoms with E-state index in [0.29, 0.717) is 18.4 Å². The van der Waals surface area contributed by atoms with Crippen LogP contribution >= 0.6 is 47.8 Å². The normalized spacial score (nSPS) is 22.5. The molecule has 0 heterocycles. The molecule has 0 aromatic heterocycles. The van der Waals surface area contributed by atoms with Crippen LogP contribution in [0.4, 0.5) is 0 Å². The highest BCUT2D eigenvalue weighted by Gasteiger charge is 2.54. The summed E-state index contributed by atoms with van der Waals surface area (Å²) in [6, 6.07) is 16.7. The maximum Gasteiger partial charge on any atom is 0.332 e. The predicted octanol–water partition coefficient (Wildman–Crippen LogP) is 6.47. The van der Waals surface area contributed by atoms with E-state index >= 15 is 0 Å². The Hall–Kier alpha value is -1.70. The van der Waals surface area contributed by atoms with E-state index in [9.17, 15) is 9.59 Å². The summed E-state index contributed by atoms with van der Waals surface area (Å²) in [5.74, 6) is -1.42. The molecule has 0 radical (unpaired) electrons. The Morgan fingerprint density at radius 1 is 1.13 bits per heavy atom. The average molecular weight is 612 g/mol. The third-order valence-corrected chi connectivity index (χ3v) is 6.93. The fourth-order valence-corrected chi connectivity index (χ4v) is 5.06. The van der Waals surface area contributed by atoms with E-state index < -0.39 is 11.5 Å². The van der Waals surface area contributed by atoms with Crippen molar-refractivity contribution in [3.8, 4) is 0 Å². The molecular formula is C24H22Br3NO3. The molecule has 0 saturated heterocycles. The van der Waals surface area contributed by atoms with Gasteiger partial charge in [-0.15, -0.1) is 0 Å². The second-order valence-electron chi connectivity index (χ2n) is 7.25. The molecule has 1 amide bonds. The molecule has 3 rings (SSSR count). The molecule has 162 valence electrons. The molecule has 0 unspecified atom stereocenters. The third kappa shape index (κ3) is 5.21. The van der Waals surface area contributed by atoms with Crippen molar-refractivity contribution in [1.82, 2.24) is 5.32 Å². The fourth-order valence-electron chi connectivity index (χ4n) is 4.13. The summed E-state index contributed by atoms with van der Waals surface area (Å²) >= 11 is 10.4. The number of methoxy groups -OCH3 is 1. The first-order valence-corrected chi connectivity index (χ1v) is 12.2. The molecule has 31 heavy (non-hydrogen) atoms. The number of hydrogen-bond donors (Lipinski definition) is 1. The van der Waals surface area contributed by atoms with Gasteiger partial charge in [-0.2, -0.15) is 0 Å². The van der Waals surface area contributed by atoms with Gasteiger partial charge in [0, 0.05) is 21.9 Å². The van der Waals surface area contributed by atoms with Crippen LogP contribution in [0.3, 0.4) is 0 Å². The number of ether oxygens (including phenoxy) is 1. The Morgan fingerprint density at radius 3 is 2.45 bits per heavy atom. The molecule has 0 aliphatic heterocycles. The number of halogens is 3. The predicted molar refractivity (Wildman–Crippen MR) is 133 cm³/mol. The van der Waals surface area contributed by atoms with Crippen LogP contribution in [0.25, 0.3) is 0 Å². The van der Waals surface area contributed by atoms with Crippen LogP contribution in [0.1, 0.15) is 34.7 Å². The minimum absolute atomic E-state index is 0.315. The van der Waals surface area contributed by atoms with Gasteiger partial charge in [0.15, 0.2) is 5.54 Å². The first kappa shape index (κ1) is 24.0. The molecule has 0 saturated carbocycles. The van der Waals surface area contributed by atoms with Gasteiger partial charge >= 0.3 is 5.97 Å². The zero-order valence-electron chi connectivity index (χ0n) is 16.9. The summed E-state index contributed by atoms with van der Waals surface area (Å²) in [6.07, 6.45) is 7.11. The van der Waals surface area contributed by atoms with Gasteiger partial charge in [0.05, 0.1) is 10.5 Å². The second kappa shape index (κ2) is 10.7. The largest absolute Gasteiger partial charge is 0.467 e. The molecule has 2 aromatic carbocycles. The summed E-state index contributed by atoms with van der Waals surface area (Å²) in [5, 5.41) is 3.10. The zero-order chi connectivity index (χ0) is 22.4. The highest BCUT2D eigenvalue weighted by atomic mass is 79.9. The van der Waals surface area contributed by atoms with Crippen molar-refractivity contribution in [3.63, 3.8) is 0 Å². The standard InChI is InChI=1S/C24H22Br3NO3/c1-31-23(30)24(28-22(29)16-8-3-2-4-9-16)17(14-15-21(26)27)10-7-12-19(24)18-11-5-6-13-20(18)25/h2-11,13,15,17,19H,12,14H2,1H3,(H,28,29)/t17-,19-,24-/m0/s1. The molecule has 1 aliphatic carbocycles. The van der Waals surface area contributed by atoms with E-state index in [0.717, 1.165) is 13.4 Å². The smallest absolute Gasteiger partial charge is 0.332 e. The minimum Gasteiger partial charge on any atom is -0.467 e. The lowest BCUT2D eigenvalue weighted by molar-refractivity contribution is -0.151. The second-order valence-corrected chi connectivity index (χ2v) is 10.9. The van der Waals surface area contributed by atoms with Crippen molar-refractivity contribution >= 4 is 59.7 Å². The number of nitrogens with one attached hydrogen (secondary N) is 1. The topological polar surface area (TPSA) is 55.4 Å². The lowest BCUT2D eigenvalue weighted by atomic mass is 9.65. The van der Waals surface area contributed by atoms with Crippen molar-refractivity contribution in [2.45, 2.75) is 24.3 Å². The lowest BCUT2D eigenvalue weighted by Gasteiger charge is -2.45. The Morgan fingerprint density at radius 2 is 1.81 bits per heavy atom. The minimum atomic E-state index is -1.29. The summed E-state index contributed by atoms with van der Waals surface area (Å²) in [7, 11) is 1.36. The molecule has 0 spiro atoms. The van der Waals surface area contributed by atoms with E-state index in [1.54, 1.807) is 24.3 Å². The molecular weight excluding hydrogens is 590 g/mol. The molecule has 1 aliphatic rings. The number of allylic oxidation sites excluding steroid dienone is 2. The van der Waals surface area contributed by atoms with Crippen LogP contribution < -0.4 is 5.32 Å². The number of hydrogen-bond acceptors (Lipinski definition) is 3. The number of rotatable bonds is 6. The average Bonchev–Trinajstić information content (AvgIpc) is 2.78. The molecule has 1 N–H and O–H groups in total. The first-order chi connectivity index (χ1) is 14.9. The SMILES string of the molecule is COC(=O)[C@]1(NC(=O)c2ccccc2)[C@H](CC=C(Br)Br)C=CC[C@H]1c1ccccc1Br. The van der Waals surface area contributed by atoms with Crippen LogP contribution in [-0.2, 0) is 9.53 Å². The van der Waals surface area contributed by atoms with Gasteiger partial charge in [0.2, 0.25) is 0 Å². The molecule has 7 heteroatoms. The Bertz CT molecular complexity index is 1000. The molecule has 2 aromatic rings. The summed E-state index contributed by atoms with van der Waals surface area (Å²) in [6.45, 7) is 0. The van der Waals surface area contributed by atoms with Crippen LogP contribution in [0, 0.1) is 5.92 Å². The van der Waals surface area contributed by atoms with Crippen molar-refractivity contribution in [3.05, 3.63) is 91.8 Å². The molecule has 3 atom stereocenters. The van der Waals surface area contributed by atoms with E-state index in [4.69, 9.17) is 4.74 Å². The monoisotopic (exact) mass is 609 g/mol. The summed E-state index contributed by atoms with van der Waals surface area (Å²) < 4.78 is 6.98. The first-order valence-electron chi connectivity index (χ1n) is 9.78. The van der Waals surface area contributed by atoms with E-state index in [-0.39, 0.29) is 17.7 Å². The van der Waals surface area contributed by atoms with Crippen LogP contribution in [0.5, 0.6) is 0 Å². The van der Waals surface area contributed by atoms with Gasteiger partial charge in [-0.1, -0.05) is 70.6 Å². The molecule has 4 nitrogen and oxygen atoms in total. The van der Waals surface area contributed by atoms with Gasteiger partial charge in [-0.05, 0) is 68.5 Å². The Balaban J connectivity index is 2.17. The van der Waals surface area contributed by atoms with Gasteiger partial charge in [-0.3, -0.25) is 4.79 Å². The van der Waals surface area contributed by atoms with E-state index in [2.05, 4.69) is 59.2 Å². The Labute approximate surface area is 207 Å². The van der Waals surface area contributed by atoms with Crippen molar-refractivity contribution in [1.29, 1.82) is 0 Å². The number of carbonyl (C=O) groups is 2. The van der Waals surface area contributed by atoms with Gasteiger partial charge in [-0.25, -0.2) is 4.79 Å². The third-order valence-electron chi connectivity index (χ3n) is 5.56. The van der Waals surface area contributed by atoms with Gasteiger partial charge in [0.1, 0.15) is 0 Å². The Kier molecular flexibility index (Phi) is 8.30. The molecule has 0 bridgehead atoms. The van der Waals surface area contributed by atoms with Crippen molar-refractivity contribution in [2.24, 2.45) is 5.92 Å². The number of carbonyl (C=O) groups excluding carboxylic acids is 2. The fraction of sp³-hybridized carbons (Fsp3) is 0.250. The number of esters is 1. The van der Waals surface area contributed by atoms with Crippen molar-refractivity contribution < 1.29 is 14.3 Å². The summed E-state index contributed by atoms with van der Waals surface area (Å²) in [5.41, 5.74) is 0.145. The maximum atomic E-state index is 13.5. The van der Waals surface area contributed by atoms with Gasteiger partial charge in [0.25, 0.3) is 5.91 Å². The van der Waals surface area contributed by atoms with Crippen LogP contribution in [0.2, 0.25) is 0 Å². The zero-order valence-corrected chi connectivity index (χ0v) is 21.6. The quantitative estimate of drug-likeness (QED) is 0.301. The molecule has 0 fully saturated rings. The summed E-state index contributed by atoms with van der Waals surface area (Å²) in [4.78, 5) is 26.8. The van der Waals surface area contributed by atoms with Crippen LogP contribution in [-0.4, -0.2) is 24.5 Å². The van der Waals surface area contributed by atoms with E-state index in [1.165, 1.54) is 7.11 Å². The number of amides is 1. The highest BCUT2D eigenvalue weighted by molar-refractivity contribution is 9.28. The van der Waals surface area contributed by atoms with E-state index in [1.807, 2.05) is 42.5 Å².